The fourth-order valence-corrected chi connectivity index (χ4v) is 14.6. The SMILES string of the molecule is CC(C)C.CC(C)C.CC(C)C.CC1=CN=C(c2ccc(CC(=O)C(C)C)cc2)C2C3CCC(C3)C12.CC1=CN=C(c2ccc(CC(=O)C(C)C)cc2)C2CCCCCCC12.CC1=CN=C(c2ccc(CC(C)C)cc2)C2C3CCC(C3)C12. The van der Waals surface area contributed by atoms with Gasteiger partial charge in [0.2, 0.25) is 0 Å². The van der Waals surface area contributed by atoms with Gasteiger partial charge >= 0.3 is 0 Å². The van der Waals surface area contributed by atoms with Crippen LogP contribution in [0.1, 0.15) is 235 Å². The van der Waals surface area contributed by atoms with Crippen LogP contribution >= 0.6 is 0 Å². The lowest BCUT2D eigenvalue weighted by Crippen LogP contribution is -2.33. The minimum Gasteiger partial charge on any atom is -0.299 e. The number of hydrogen-bond acceptors (Lipinski definition) is 5. The molecule has 0 N–H and O–H groups in total. The zero-order valence-electron chi connectivity index (χ0n) is 55.7. The predicted octanol–water partition coefficient (Wildman–Crippen LogP) is 20.8. The molecule has 0 radical (unpaired) electrons. The molecule has 5 nitrogen and oxygen atoms in total. The van der Waals surface area contributed by atoms with Gasteiger partial charge in [0, 0.05) is 61.0 Å². The van der Waals surface area contributed by atoms with Crippen LogP contribution in [-0.2, 0) is 28.9 Å². The Kier molecular flexibility index (Phi) is 26.1. The highest BCUT2D eigenvalue weighted by Gasteiger charge is 2.52. The summed E-state index contributed by atoms with van der Waals surface area (Å²) in [6, 6.07) is 26.4. The Morgan fingerprint density at radius 2 is 0.699 bits per heavy atom. The normalized spacial score (nSPS) is 26.2. The average Bonchev–Trinajstić information content (AvgIpc) is 2.06. The molecular formula is C78H115N3O2. The molecule has 0 amide bonds. The predicted molar refractivity (Wildman–Crippen MR) is 358 cm³/mol. The molecule has 454 valence electrons. The van der Waals surface area contributed by atoms with Gasteiger partial charge in [0.1, 0.15) is 11.6 Å². The number of carbonyl (C=O) groups excluding carboxylic acids is 2. The van der Waals surface area contributed by atoms with Gasteiger partial charge in [0.25, 0.3) is 0 Å². The second-order valence-electron chi connectivity index (χ2n) is 29.6. The van der Waals surface area contributed by atoms with Crippen molar-refractivity contribution in [1.29, 1.82) is 0 Å². The summed E-state index contributed by atoms with van der Waals surface area (Å²) in [7, 11) is 0. The van der Waals surface area contributed by atoms with Gasteiger partial charge in [0.05, 0.1) is 17.1 Å². The van der Waals surface area contributed by atoms with E-state index >= 15 is 0 Å². The first-order chi connectivity index (χ1) is 39.4. The maximum Gasteiger partial charge on any atom is 0.139 e. The third kappa shape index (κ3) is 19.1. The molecule has 4 bridgehead atoms. The van der Waals surface area contributed by atoms with E-state index in [0.717, 1.165) is 70.3 Å². The first kappa shape index (κ1) is 67.4. The van der Waals surface area contributed by atoms with Crippen molar-refractivity contribution in [2.75, 3.05) is 0 Å². The van der Waals surface area contributed by atoms with E-state index in [2.05, 4.69) is 188 Å². The number of benzene rings is 3. The van der Waals surface area contributed by atoms with Crippen molar-refractivity contribution in [1.82, 2.24) is 0 Å². The fourth-order valence-electron chi connectivity index (χ4n) is 14.6. The number of ketones is 2. The van der Waals surface area contributed by atoms with Crippen LogP contribution in [0.4, 0.5) is 0 Å². The smallest absolute Gasteiger partial charge is 0.139 e. The van der Waals surface area contributed by atoms with Crippen molar-refractivity contribution in [2.24, 2.45) is 110 Å². The van der Waals surface area contributed by atoms with Crippen LogP contribution in [-0.4, -0.2) is 28.7 Å². The van der Waals surface area contributed by atoms with E-state index in [1.807, 2.05) is 27.7 Å². The molecule has 3 heterocycles. The second kappa shape index (κ2) is 32.1. The molecule has 3 aromatic carbocycles. The molecule has 10 unspecified atom stereocenters. The molecule has 5 heteroatoms. The summed E-state index contributed by atoms with van der Waals surface area (Å²) in [6.07, 6.45) is 25.0. The highest BCUT2D eigenvalue weighted by Crippen LogP contribution is 2.58. The highest BCUT2D eigenvalue weighted by atomic mass is 16.1. The lowest BCUT2D eigenvalue weighted by molar-refractivity contribution is -0.122. The zero-order valence-corrected chi connectivity index (χ0v) is 55.7. The lowest BCUT2D eigenvalue weighted by atomic mass is 9.71. The van der Waals surface area contributed by atoms with Gasteiger partial charge < -0.3 is 0 Å². The van der Waals surface area contributed by atoms with Gasteiger partial charge in [-0.15, -0.1) is 0 Å². The Hall–Kier alpha value is -4.77. The molecule has 0 aromatic heterocycles. The largest absolute Gasteiger partial charge is 0.299 e. The third-order valence-corrected chi connectivity index (χ3v) is 18.4. The number of nitrogens with zero attached hydrogens (tertiary/aromatic N) is 3. The van der Waals surface area contributed by atoms with Crippen LogP contribution < -0.4 is 0 Å². The van der Waals surface area contributed by atoms with Crippen molar-refractivity contribution in [3.05, 3.63) is 141 Å². The minimum absolute atomic E-state index is 0.103. The van der Waals surface area contributed by atoms with Gasteiger partial charge in [-0.3, -0.25) is 24.6 Å². The molecule has 3 aromatic rings. The fraction of sp³-hybridized carbons (Fsp3) is 0.628. The van der Waals surface area contributed by atoms with Crippen LogP contribution in [0.2, 0.25) is 0 Å². The Bertz CT molecular complexity index is 2700. The monoisotopic (exact) mass is 1130 g/mol. The molecule has 11 rings (SSSR count). The molecule has 0 spiro atoms. The molecular weight excluding hydrogens is 1010 g/mol. The first-order valence-electron chi connectivity index (χ1n) is 33.5. The van der Waals surface area contributed by atoms with Crippen LogP contribution in [0.3, 0.4) is 0 Å². The van der Waals surface area contributed by atoms with Crippen molar-refractivity contribution >= 4 is 28.7 Å². The van der Waals surface area contributed by atoms with Crippen molar-refractivity contribution in [2.45, 2.75) is 221 Å². The number of allylic oxidation sites excluding steroid dienone is 3. The lowest BCUT2D eigenvalue weighted by Gasteiger charge is -2.35. The van der Waals surface area contributed by atoms with Crippen LogP contribution in [0, 0.1) is 94.7 Å². The van der Waals surface area contributed by atoms with Crippen molar-refractivity contribution in [3.63, 3.8) is 0 Å². The summed E-state index contributed by atoms with van der Waals surface area (Å²) >= 11 is 0. The number of carbonyl (C=O) groups is 2. The standard InChI is InChI=1S/C23H31NO.C22H27NO.C21H27N.3C4H10/c1-16(2)22(25)14-18-10-12-19(13-11-18)23-21-9-7-5-4-6-8-20(21)17(3)15-24-23;1-13(2)19(24)10-15-4-6-16(7-5-15)22-21-18-9-8-17(11-18)20(21)14(3)12-23-22;1-13(2)10-15-4-6-16(7-5-15)21-20-18-9-8-17(11-18)19(20)14(3)12-22-21;3*1-4(2)3/h10-13,15-16,20-21H,4-9,14H2,1-3H3;4-7,12-13,17-18,20-21H,8-11H2,1-3H3;4-7,12-13,17-20H,8-11H2,1-3H3;3*4H,1-3H3. The molecule has 3 aliphatic heterocycles. The second-order valence-corrected chi connectivity index (χ2v) is 29.6. The Morgan fingerprint density at radius 3 is 1.06 bits per heavy atom. The average molecular weight is 1130 g/mol. The quantitative estimate of drug-likeness (QED) is 0.192. The number of aliphatic imine (C=N–C) groups is 3. The maximum atomic E-state index is 12.0. The topological polar surface area (TPSA) is 71.2 Å². The van der Waals surface area contributed by atoms with Gasteiger partial charge in [-0.05, 0) is 177 Å². The highest BCUT2D eigenvalue weighted by molar-refractivity contribution is 6.05. The molecule has 5 fully saturated rings. The van der Waals surface area contributed by atoms with E-state index in [1.54, 1.807) is 0 Å². The molecule has 10 atom stereocenters. The molecule has 8 aliphatic rings. The summed E-state index contributed by atoms with van der Waals surface area (Å²) in [5, 5.41) is 0. The number of Topliss-reactive ketones (excluding diaryl/α,β-unsaturated/α-hetero) is 2. The van der Waals surface area contributed by atoms with E-state index in [4.69, 9.17) is 15.0 Å². The summed E-state index contributed by atoms with van der Waals surface area (Å²) in [6.45, 7) is 38.8. The van der Waals surface area contributed by atoms with Crippen LogP contribution in [0.15, 0.2) is 123 Å². The van der Waals surface area contributed by atoms with Gasteiger partial charge in [0.15, 0.2) is 0 Å². The van der Waals surface area contributed by atoms with E-state index in [0.29, 0.717) is 48.1 Å². The van der Waals surface area contributed by atoms with Crippen molar-refractivity contribution in [3.8, 4) is 0 Å². The minimum atomic E-state index is 0.103. The van der Waals surface area contributed by atoms with E-state index in [1.165, 1.54) is 140 Å². The Morgan fingerprint density at radius 1 is 0.386 bits per heavy atom. The van der Waals surface area contributed by atoms with E-state index in [9.17, 15) is 9.59 Å². The third-order valence-electron chi connectivity index (χ3n) is 18.4. The zero-order chi connectivity index (χ0) is 60.7. The Balaban J connectivity index is 0.000000182. The Labute approximate surface area is 507 Å². The summed E-state index contributed by atoms with van der Waals surface area (Å²) in [4.78, 5) is 38.5. The van der Waals surface area contributed by atoms with Gasteiger partial charge in [-0.25, -0.2) is 0 Å². The van der Waals surface area contributed by atoms with Crippen LogP contribution in [0.5, 0.6) is 0 Å². The van der Waals surface area contributed by atoms with Gasteiger partial charge in [-0.1, -0.05) is 219 Å². The van der Waals surface area contributed by atoms with E-state index in [-0.39, 0.29) is 11.8 Å². The van der Waals surface area contributed by atoms with Crippen LogP contribution in [0.25, 0.3) is 0 Å². The number of fused-ring (bicyclic) bond motifs is 11. The molecule has 5 aliphatic carbocycles. The van der Waals surface area contributed by atoms with Gasteiger partial charge in [-0.2, -0.15) is 0 Å². The molecule has 83 heavy (non-hydrogen) atoms. The molecule has 0 saturated heterocycles. The number of hydrogen-bond donors (Lipinski definition) is 0. The summed E-state index contributed by atoms with van der Waals surface area (Å²) < 4.78 is 0. The number of rotatable bonds is 11. The summed E-state index contributed by atoms with van der Waals surface area (Å²) in [5.74, 6) is 11.6. The summed E-state index contributed by atoms with van der Waals surface area (Å²) in [5.41, 5.74) is 15.9. The van der Waals surface area contributed by atoms with E-state index < -0.39 is 0 Å². The van der Waals surface area contributed by atoms with Crippen molar-refractivity contribution < 1.29 is 9.59 Å². The molecule has 5 saturated carbocycles. The first-order valence-corrected chi connectivity index (χ1v) is 33.5. The maximum absolute atomic E-state index is 12.0.